The number of anilines is 1. The molecule has 0 aromatic carbocycles. The van der Waals surface area contributed by atoms with Gasteiger partial charge in [-0.05, 0) is 7.05 Å². The predicted octanol–water partition coefficient (Wildman–Crippen LogP) is -1.19. The van der Waals surface area contributed by atoms with Gasteiger partial charge in [-0.1, -0.05) is 6.92 Å². The fraction of sp³-hybridized carbons (Fsp3) is 0.615. The molecular weight excluding hydrogens is 288 g/mol. The maximum Gasteiger partial charge on any atom is 0.167 e. The third-order valence-corrected chi connectivity index (χ3v) is 3.89. The van der Waals surface area contributed by atoms with Crippen LogP contribution in [0.15, 0.2) is 6.33 Å². The van der Waals surface area contributed by atoms with Gasteiger partial charge in [0.25, 0.3) is 0 Å². The van der Waals surface area contributed by atoms with E-state index in [2.05, 4.69) is 20.3 Å². The van der Waals surface area contributed by atoms with E-state index >= 15 is 0 Å². The monoisotopic (exact) mass is 308 g/mol. The number of ether oxygens (including phenoxy) is 1. The second-order valence-electron chi connectivity index (χ2n) is 5.29. The van der Waals surface area contributed by atoms with Gasteiger partial charge in [0.15, 0.2) is 23.2 Å². The number of nitrogens with two attached hydrogens (primary N) is 1. The Kier molecular flexibility index (Phi) is 3.96. The molecule has 2 aromatic heterocycles. The number of hydrogen-bond donors (Lipinski definition) is 4. The number of rotatable bonds is 4. The van der Waals surface area contributed by atoms with Crippen molar-refractivity contribution in [2.45, 2.75) is 37.9 Å². The molecule has 1 saturated heterocycles. The number of hydrogen-bond acceptors (Lipinski definition) is 8. The van der Waals surface area contributed by atoms with E-state index in [9.17, 15) is 10.2 Å². The molecule has 120 valence electrons. The number of nitrogen functional groups attached to an aromatic ring is 1. The fourth-order valence-corrected chi connectivity index (χ4v) is 2.80. The molecule has 2 aromatic rings. The lowest BCUT2D eigenvalue weighted by Gasteiger charge is -2.19. The number of nitrogens with zero attached hydrogens (tertiary/aromatic N) is 4. The minimum atomic E-state index is -1.07. The minimum Gasteiger partial charge on any atom is -0.387 e. The Bertz CT molecular complexity index is 675. The molecule has 22 heavy (non-hydrogen) atoms. The Balaban J connectivity index is 2.08. The Morgan fingerprint density at radius 3 is 2.82 bits per heavy atom. The van der Waals surface area contributed by atoms with Crippen molar-refractivity contribution in [2.75, 3.05) is 19.3 Å². The molecule has 9 heteroatoms. The lowest BCUT2D eigenvalue weighted by Crippen LogP contribution is -2.36. The standard InChI is InChI=1S/C13H20N6O3/c1-3-7-18-8-11(14)16-5-17-12(8)19(7)13-10(21)9(20)6(22-13)4-15-2/h5-6,9-10,13,15,20-21H,3-4H2,1-2H3,(H2,14,16,17)/t6-,9?,10?,13-/m1/s1. The van der Waals surface area contributed by atoms with Crippen molar-refractivity contribution in [3.63, 3.8) is 0 Å². The molecule has 2 unspecified atom stereocenters. The highest BCUT2D eigenvalue weighted by Gasteiger charge is 2.44. The van der Waals surface area contributed by atoms with Gasteiger partial charge in [-0.3, -0.25) is 4.57 Å². The number of imidazole rings is 1. The van der Waals surface area contributed by atoms with Crippen LogP contribution in [0.5, 0.6) is 0 Å². The van der Waals surface area contributed by atoms with E-state index in [4.69, 9.17) is 10.5 Å². The molecule has 0 bridgehead atoms. The lowest BCUT2D eigenvalue weighted by atomic mass is 10.1. The molecule has 9 nitrogen and oxygen atoms in total. The molecule has 0 saturated carbocycles. The van der Waals surface area contributed by atoms with Crippen LogP contribution in [0.4, 0.5) is 5.82 Å². The molecule has 1 fully saturated rings. The summed E-state index contributed by atoms with van der Waals surface area (Å²) < 4.78 is 7.51. The van der Waals surface area contributed by atoms with Gasteiger partial charge in [-0.15, -0.1) is 0 Å². The summed E-state index contributed by atoms with van der Waals surface area (Å²) >= 11 is 0. The van der Waals surface area contributed by atoms with Gasteiger partial charge in [-0.25, -0.2) is 15.0 Å². The van der Waals surface area contributed by atoms with Crippen LogP contribution in [-0.4, -0.2) is 61.6 Å². The van der Waals surface area contributed by atoms with Crippen LogP contribution < -0.4 is 11.1 Å². The summed E-state index contributed by atoms with van der Waals surface area (Å²) in [7, 11) is 1.76. The van der Waals surface area contributed by atoms with Crippen LogP contribution in [0.1, 0.15) is 19.0 Å². The van der Waals surface area contributed by atoms with Gasteiger partial charge in [-0.2, -0.15) is 0 Å². The number of aliphatic hydroxyl groups is 2. The van der Waals surface area contributed by atoms with Crippen molar-refractivity contribution < 1.29 is 14.9 Å². The highest BCUT2D eigenvalue weighted by atomic mass is 16.6. The maximum atomic E-state index is 10.3. The highest BCUT2D eigenvalue weighted by Crippen LogP contribution is 2.33. The smallest absolute Gasteiger partial charge is 0.167 e. The molecule has 3 rings (SSSR count). The predicted molar refractivity (Wildman–Crippen MR) is 79.0 cm³/mol. The fourth-order valence-electron chi connectivity index (χ4n) is 2.80. The SMILES string of the molecule is CCc1nc2c(N)ncnc2n1[C@@H]1O[C@H](CNC)C(O)C1O. The zero-order chi connectivity index (χ0) is 15.9. The minimum absolute atomic E-state index is 0.276. The van der Waals surface area contributed by atoms with Crippen molar-refractivity contribution >= 4 is 17.0 Å². The van der Waals surface area contributed by atoms with Gasteiger partial charge in [0.2, 0.25) is 0 Å². The number of aliphatic hydroxyl groups excluding tert-OH is 2. The number of nitrogens with one attached hydrogen (secondary N) is 1. The van der Waals surface area contributed by atoms with E-state index in [-0.39, 0.29) is 5.82 Å². The van der Waals surface area contributed by atoms with Crippen LogP contribution in [0, 0.1) is 0 Å². The highest BCUT2D eigenvalue weighted by molar-refractivity contribution is 5.81. The molecular formula is C13H20N6O3. The van der Waals surface area contributed by atoms with Gasteiger partial charge in [0.1, 0.15) is 30.5 Å². The first-order valence-corrected chi connectivity index (χ1v) is 7.22. The summed E-state index contributed by atoms with van der Waals surface area (Å²) in [5.41, 5.74) is 6.80. The largest absolute Gasteiger partial charge is 0.387 e. The van der Waals surface area contributed by atoms with Crippen LogP contribution in [0.25, 0.3) is 11.2 Å². The van der Waals surface area contributed by atoms with Crippen LogP contribution in [0.3, 0.4) is 0 Å². The third-order valence-electron chi connectivity index (χ3n) is 3.89. The summed E-state index contributed by atoms with van der Waals surface area (Å²) in [6.45, 7) is 2.37. The average molecular weight is 308 g/mol. The summed E-state index contributed by atoms with van der Waals surface area (Å²) in [6.07, 6.45) is -1.38. The normalized spacial score (nSPS) is 28.5. The quantitative estimate of drug-likeness (QED) is 0.554. The van der Waals surface area contributed by atoms with Crippen molar-refractivity contribution in [3.05, 3.63) is 12.2 Å². The zero-order valence-corrected chi connectivity index (χ0v) is 12.5. The van der Waals surface area contributed by atoms with E-state index in [1.54, 1.807) is 11.6 Å². The Morgan fingerprint density at radius 2 is 2.14 bits per heavy atom. The topological polar surface area (TPSA) is 131 Å². The molecule has 1 aliphatic heterocycles. The van der Waals surface area contributed by atoms with Crippen molar-refractivity contribution in [2.24, 2.45) is 0 Å². The van der Waals surface area contributed by atoms with Gasteiger partial charge >= 0.3 is 0 Å². The summed E-state index contributed by atoms with van der Waals surface area (Å²) in [5, 5.41) is 23.4. The van der Waals surface area contributed by atoms with Crippen molar-refractivity contribution in [3.8, 4) is 0 Å². The number of likely N-dealkylation sites (N-methyl/N-ethyl adjacent to an activating group) is 1. The first-order chi connectivity index (χ1) is 10.6. The van der Waals surface area contributed by atoms with Gasteiger partial charge < -0.3 is 26.0 Å². The maximum absolute atomic E-state index is 10.3. The Hall–Kier alpha value is -1.81. The first-order valence-electron chi connectivity index (χ1n) is 7.22. The van der Waals surface area contributed by atoms with E-state index < -0.39 is 24.5 Å². The zero-order valence-electron chi connectivity index (χ0n) is 12.5. The second kappa shape index (κ2) is 5.76. The first kappa shape index (κ1) is 15.1. The second-order valence-corrected chi connectivity index (χ2v) is 5.29. The van der Waals surface area contributed by atoms with Gasteiger partial charge in [0.05, 0.1) is 0 Å². The summed E-state index contributed by atoms with van der Waals surface area (Å²) in [4.78, 5) is 12.6. The lowest BCUT2D eigenvalue weighted by molar-refractivity contribution is -0.0351. The molecule has 1 aliphatic rings. The molecule has 0 aliphatic carbocycles. The van der Waals surface area contributed by atoms with Crippen LogP contribution in [-0.2, 0) is 11.2 Å². The average Bonchev–Trinajstić information content (AvgIpc) is 3.01. The number of aryl methyl sites for hydroxylation is 1. The van der Waals surface area contributed by atoms with Crippen molar-refractivity contribution in [1.82, 2.24) is 24.8 Å². The Morgan fingerprint density at radius 1 is 1.36 bits per heavy atom. The van der Waals surface area contributed by atoms with E-state index in [0.717, 1.165) is 0 Å². The third kappa shape index (κ3) is 2.22. The molecule has 4 atom stereocenters. The molecule has 0 spiro atoms. The van der Waals surface area contributed by atoms with Crippen molar-refractivity contribution in [1.29, 1.82) is 0 Å². The molecule has 5 N–H and O–H groups in total. The molecule has 0 amide bonds. The van der Waals surface area contributed by atoms with Crippen LogP contribution >= 0.6 is 0 Å². The van der Waals surface area contributed by atoms with Crippen LogP contribution in [0.2, 0.25) is 0 Å². The van der Waals surface area contributed by atoms with E-state index in [0.29, 0.717) is 30.0 Å². The summed E-state index contributed by atoms with van der Waals surface area (Å²) in [6, 6.07) is 0. The Labute approximate surface area is 127 Å². The molecule has 0 radical (unpaired) electrons. The van der Waals surface area contributed by atoms with E-state index in [1.165, 1.54) is 6.33 Å². The summed E-state index contributed by atoms with van der Waals surface area (Å²) in [5.74, 6) is 0.946. The number of aromatic nitrogens is 4. The molecule has 3 heterocycles. The van der Waals surface area contributed by atoms with Gasteiger partial charge in [0, 0.05) is 13.0 Å². The number of fused-ring (bicyclic) bond motifs is 1. The van der Waals surface area contributed by atoms with E-state index in [1.807, 2.05) is 6.92 Å².